The highest BCUT2D eigenvalue weighted by Crippen LogP contribution is 2.59. The van der Waals surface area contributed by atoms with E-state index in [0.717, 1.165) is 0 Å². The van der Waals surface area contributed by atoms with Crippen molar-refractivity contribution in [1.29, 1.82) is 0 Å². The molecule has 90 heavy (non-hydrogen) atoms. The minimum Gasteiger partial charge on any atom is -0.387 e. The number of hydrogen-bond donors (Lipinski definition) is 12. The largest absolute Gasteiger partial charge is 0.387 e. The number of thiol groups is 1. The number of ether oxygens (including phenoxy) is 4. The van der Waals surface area contributed by atoms with Gasteiger partial charge < -0.3 is 89.1 Å². The maximum absolute atomic E-state index is 13.5. The minimum atomic E-state index is -4.35. The Labute approximate surface area is 521 Å². The number of nitrogens with one attached hydrogen (secondary N) is 2. The Morgan fingerprint density at radius 3 is 1.34 bits per heavy atom. The number of hydrogen-bond acceptors (Lipinski definition) is 34. The van der Waals surface area contributed by atoms with Crippen molar-refractivity contribution >= 4 is 131 Å². The second kappa shape index (κ2) is 24.2. The molecule has 6 aliphatic heterocycles. The molecule has 0 aromatic carbocycles. The number of aryl methyl sites for hydroxylation is 2. The third-order valence-electron chi connectivity index (χ3n) is 14.8. The average molecular weight is 1410 g/mol. The average Bonchev–Trinajstić information content (AvgIpc) is 1.81. The Hall–Kier alpha value is -4.83. The smallest absolute Gasteiger partial charge is 0.386 e. The van der Waals surface area contributed by atoms with Crippen molar-refractivity contribution in [3.8, 4) is 0 Å². The first-order valence-corrected chi connectivity index (χ1v) is 36.8. The predicted octanol–water partition coefficient (Wildman–Crippen LogP) is -1.94. The Bertz CT molecular complexity index is 4160. The lowest BCUT2D eigenvalue weighted by Crippen LogP contribution is -2.36. The molecular formula is C42H50N18O22P4S4. The van der Waals surface area contributed by atoms with E-state index in [1.807, 2.05) is 0 Å². The quantitative estimate of drug-likeness (QED) is 0.0673. The monoisotopic (exact) mass is 1410 g/mol. The molecule has 8 aromatic rings. The van der Waals surface area contributed by atoms with E-state index >= 15 is 0 Å². The zero-order valence-corrected chi connectivity index (χ0v) is 52.6. The van der Waals surface area contributed by atoms with E-state index in [2.05, 4.69) is 72.3 Å². The molecule has 0 spiro atoms. The topological polar surface area (TPSA) is 536 Å². The molecule has 0 saturated carbocycles. The van der Waals surface area contributed by atoms with Crippen LogP contribution in [0.5, 0.6) is 0 Å². The number of H-pyrrole nitrogens is 2. The van der Waals surface area contributed by atoms with Gasteiger partial charge >= 0.3 is 27.0 Å². The molecule has 0 radical (unpaired) electrons. The summed E-state index contributed by atoms with van der Waals surface area (Å²) < 4.78 is 87.7. The number of nitrogens with zero attached hydrogens (tertiary/aromatic N) is 14. The van der Waals surface area contributed by atoms with Gasteiger partial charge in [0.2, 0.25) is 0 Å². The number of imidazole rings is 2. The molecular weight excluding hydrogens is 1360 g/mol. The molecule has 20 atom stereocenters. The molecule has 48 heteroatoms. The molecule has 0 aliphatic carbocycles. The van der Waals surface area contributed by atoms with Gasteiger partial charge in [0.05, 0.1) is 51.5 Å². The lowest BCUT2D eigenvalue weighted by Gasteiger charge is -2.27. The number of fused-ring (bicyclic) bond motifs is 10. The normalized spacial score (nSPS) is 37.7. The second-order valence-electron chi connectivity index (χ2n) is 20.7. The van der Waals surface area contributed by atoms with Crippen molar-refractivity contribution in [2.24, 2.45) is 0 Å². The minimum absolute atomic E-state index is 0.0940. The van der Waals surface area contributed by atoms with Gasteiger partial charge in [0.25, 0.3) is 11.1 Å². The maximum Gasteiger partial charge on any atom is 0.386 e. The molecule has 4 bridgehead atoms. The number of aliphatic hydroxyl groups excluding tert-OH is 4. The first-order chi connectivity index (χ1) is 42.6. The molecule has 13 N–H and O–H groups in total. The molecule has 8 unspecified atom stereocenters. The summed E-state index contributed by atoms with van der Waals surface area (Å²) in [5.41, 5.74) is 12.0. The summed E-state index contributed by atoms with van der Waals surface area (Å²) in [5.74, 6) is 0.759. The Morgan fingerprint density at radius 2 is 0.911 bits per heavy atom. The maximum atomic E-state index is 13.5. The molecule has 6 saturated heterocycles. The van der Waals surface area contributed by atoms with Crippen molar-refractivity contribution < 1.29 is 94.8 Å². The van der Waals surface area contributed by atoms with E-state index in [-0.39, 0.29) is 67.7 Å². The van der Waals surface area contributed by atoms with Gasteiger partial charge in [-0.05, 0) is 49.3 Å². The van der Waals surface area contributed by atoms with E-state index < -0.39 is 163 Å². The lowest BCUT2D eigenvalue weighted by atomic mass is 10.1. The molecule has 6 aliphatic rings. The molecule has 40 nitrogen and oxygen atoms in total. The van der Waals surface area contributed by atoms with Crippen LogP contribution >= 0.6 is 39.2 Å². The van der Waals surface area contributed by atoms with Crippen LogP contribution in [0.4, 0.5) is 11.6 Å². The van der Waals surface area contributed by atoms with Gasteiger partial charge in [-0.2, -0.15) is 10.2 Å². The van der Waals surface area contributed by atoms with Crippen LogP contribution in [0.3, 0.4) is 0 Å². The zero-order chi connectivity index (χ0) is 63.7. The van der Waals surface area contributed by atoms with Crippen LogP contribution in [0.25, 0.3) is 44.4 Å². The van der Waals surface area contributed by atoms with Gasteiger partial charge in [-0.15, -0.1) is 0 Å². The first-order valence-electron chi connectivity index (χ1n) is 26.3. The Morgan fingerprint density at radius 1 is 0.533 bits per heavy atom. The fraction of sp³-hybridized carbons (Fsp3) is 0.524. The number of nitrogens with two attached hydrogens (primary N) is 2. The number of aliphatic hydroxyl groups is 4. The second-order valence-corrected chi connectivity index (χ2v) is 31.9. The van der Waals surface area contributed by atoms with Crippen LogP contribution in [-0.4, -0.2) is 213 Å². The zero-order valence-electron chi connectivity index (χ0n) is 45.7. The van der Waals surface area contributed by atoms with Crippen molar-refractivity contribution in [3.63, 3.8) is 0 Å². The fourth-order valence-electron chi connectivity index (χ4n) is 10.7. The van der Waals surface area contributed by atoms with Crippen LogP contribution < -0.4 is 22.6 Å². The van der Waals surface area contributed by atoms with Gasteiger partial charge in [0.1, 0.15) is 119 Å². The standard InChI is InChI=1S/2C21H25N9O11P2S2/c2*1-7-27-17-8(19(33)28-7)2-26-30(17)21-15-12(31)9(38-21)3-36-42(34,44)40-14-10(4-37-43(35,45)41-15)39-20(13(14)32)29-6-25-11-16(22)23-5-24-18(11)29/h2*2,5-6,9-10,12-15,20-21,31-32H,3-4H2,1H3,(H,34,44)(H,35,45)(H2,22,23,24)(H,27,28,33)/t2*9-,10-,12?,13?,14+,15+,20-,21-,42?,43?/m11/s1. The van der Waals surface area contributed by atoms with Crippen molar-refractivity contribution in [3.05, 3.63) is 70.1 Å². The van der Waals surface area contributed by atoms with Crippen LogP contribution in [0.15, 0.2) is 47.3 Å². The summed E-state index contributed by atoms with van der Waals surface area (Å²) in [6, 6.07) is 0. The molecule has 484 valence electrons. The predicted molar refractivity (Wildman–Crippen MR) is 314 cm³/mol. The summed E-state index contributed by atoms with van der Waals surface area (Å²) in [7, 11) is 0. The van der Waals surface area contributed by atoms with E-state index in [4.69, 9.17) is 102 Å². The highest BCUT2D eigenvalue weighted by Gasteiger charge is 2.55. The third-order valence-corrected chi connectivity index (χ3v) is 21.1. The first kappa shape index (κ1) is 63.9. The Balaban J connectivity index is 0.000000165. The lowest BCUT2D eigenvalue weighted by molar-refractivity contribution is -0.0639. The molecule has 14 rings (SSSR count). The van der Waals surface area contributed by atoms with Crippen LogP contribution in [0.2, 0.25) is 0 Å². The Kier molecular flexibility index (Phi) is 17.2. The highest BCUT2D eigenvalue weighted by atomic mass is 32.7. The summed E-state index contributed by atoms with van der Waals surface area (Å²) in [4.78, 5) is 96.2. The van der Waals surface area contributed by atoms with Crippen LogP contribution in [0.1, 0.15) is 36.6 Å². The van der Waals surface area contributed by atoms with Gasteiger partial charge in [-0.3, -0.25) is 41.3 Å². The van der Waals surface area contributed by atoms with Crippen molar-refractivity contribution in [2.45, 2.75) is 112 Å². The van der Waals surface area contributed by atoms with Crippen molar-refractivity contribution in [1.82, 2.24) is 78.5 Å². The number of aromatic amines is 2. The van der Waals surface area contributed by atoms with E-state index in [0.29, 0.717) is 0 Å². The van der Waals surface area contributed by atoms with Gasteiger partial charge in [-0.1, -0.05) is 12.2 Å². The molecule has 6 fully saturated rings. The summed E-state index contributed by atoms with van der Waals surface area (Å²) in [6.45, 7) is -15.9. The van der Waals surface area contributed by atoms with Crippen molar-refractivity contribution in [2.75, 3.05) is 37.9 Å². The summed E-state index contributed by atoms with van der Waals surface area (Å²) >= 11 is 19.8. The fourth-order valence-corrected chi connectivity index (χ4v) is 16.5. The van der Waals surface area contributed by atoms with E-state index in [9.17, 15) is 49.3 Å². The van der Waals surface area contributed by atoms with E-state index in [1.165, 1.54) is 56.2 Å². The van der Waals surface area contributed by atoms with Gasteiger partial charge in [0, 0.05) is 0 Å². The highest BCUT2D eigenvalue weighted by molar-refractivity contribution is 8.44. The molecule has 8 aromatic heterocycles. The van der Waals surface area contributed by atoms with Crippen LogP contribution in [-0.2, 0) is 95.1 Å². The summed E-state index contributed by atoms with van der Waals surface area (Å²) in [5, 5.41) is 53.5. The SMILES string of the molecule is Cc1nc2c(cnn2[C@@H]2O[C@@H]3COP(O)(=S)O[C@@H]4C(O)[C@H](n5cnc6c(N)ncnc65)O[C@@H]4COP(=O)(S)O[C@H]2C3O)c(=O)[nH]1.Cc1nc2c(cnn2[C@@H]2O[C@@H]3COP(O)(=S)O[C@@H]4C(O)[C@H](n5cnc6c(N)ncnc65)O[C@@H]4COP(O)(=S)O[C@H]2C3O)c(=O)[nH]1. The third kappa shape index (κ3) is 12.1. The number of aromatic nitrogens is 16. The van der Waals surface area contributed by atoms with Gasteiger partial charge in [-0.25, -0.2) is 53.8 Å². The number of anilines is 2. The molecule has 14 heterocycles. The van der Waals surface area contributed by atoms with E-state index in [1.54, 1.807) is 13.8 Å². The number of nitrogen functional groups attached to an aromatic ring is 2. The van der Waals surface area contributed by atoms with Crippen LogP contribution in [0, 0.1) is 13.8 Å². The number of rotatable bonds is 4. The summed E-state index contributed by atoms with van der Waals surface area (Å²) in [6.07, 6.45) is -14.0. The molecule has 0 amide bonds. The van der Waals surface area contributed by atoms with Gasteiger partial charge in [0.15, 0.2) is 59.1 Å².